The minimum absolute atomic E-state index is 0.250. The van der Waals surface area contributed by atoms with Gasteiger partial charge in [0.05, 0.1) is 33.5 Å². The maximum atomic E-state index is 12.7. The van der Waals surface area contributed by atoms with Crippen LogP contribution >= 0.6 is 0 Å². The zero-order valence-corrected chi connectivity index (χ0v) is 15.8. The molecule has 10 heteroatoms. The van der Waals surface area contributed by atoms with E-state index in [-0.39, 0.29) is 6.61 Å². The zero-order valence-electron chi connectivity index (χ0n) is 15.8. The highest BCUT2D eigenvalue weighted by Gasteiger charge is 2.36. The molecule has 144 valence electrons. The Labute approximate surface area is 156 Å². The molecule has 10 nitrogen and oxygen atoms in total. The van der Waals surface area contributed by atoms with E-state index in [2.05, 4.69) is 20.8 Å². The van der Waals surface area contributed by atoms with Gasteiger partial charge in [0.2, 0.25) is 11.7 Å². The number of aromatic nitrogens is 4. The third-order valence-corrected chi connectivity index (χ3v) is 4.21. The smallest absolute Gasteiger partial charge is 0.338 e. The van der Waals surface area contributed by atoms with Crippen LogP contribution in [-0.4, -0.2) is 54.1 Å². The van der Waals surface area contributed by atoms with Crippen LogP contribution in [0.1, 0.15) is 25.5 Å². The summed E-state index contributed by atoms with van der Waals surface area (Å²) in [6.45, 7) is 3.77. The Morgan fingerprint density at radius 1 is 1.19 bits per heavy atom. The second kappa shape index (κ2) is 7.52. The summed E-state index contributed by atoms with van der Waals surface area (Å²) in [5.41, 5.74) is 1.68. The summed E-state index contributed by atoms with van der Waals surface area (Å²) in [5.74, 6) is 1.33. The predicted octanol–water partition coefficient (Wildman–Crippen LogP) is 1.55. The van der Waals surface area contributed by atoms with Gasteiger partial charge in [-0.15, -0.1) is 0 Å². The van der Waals surface area contributed by atoms with E-state index in [0.29, 0.717) is 40.0 Å². The molecule has 1 aromatic heterocycles. The standard InChI is InChI=1S/C17H21N5O5/c1-6-27-16(23)13-9(2)18-17-19-20-21-22(17)14(13)10-7-11(24-3)15(26-5)12(8-10)25-4/h7-8,14H,6H2,1-5H3,(H,18,19,21)/t14-/m0/s1. The van der Waals surface area contributed by atoms with Crippen molar-refractivity contribution in [2.45, 2.75) is 19.9 Å². The van der Waals surface area contributed by atoms with Crippen LogP contribution in [0, 0.1) is 0 Å². The van der Waals surface area contributed by atoms with E-state index in [1.54, 1.807) is 26.0 Å². The Kier molecular flexibility index (Phi) is 5.15. The van der Waals surface area contributed by atoms with Gasteiger partial charge in [-0.05, 0) is 42.0 Å². The van der Waals surface area contributed by atoms with Crippen molar-refractivity contribution in [1.82, 2.24) is 20.2 Å². The Bertz CT molecular complexity index is 867. The molecule has 2 heterocycles. The lowest BCUT2D eigenvalue weighted by molar-refractivity contribution is -0.139. The summed E-state index contributed by atoms with van der Waals surface area (Å²) in [5, 5.41) is 14.7. The van der Waals surface area contributed by atoms with Crippen LogP contribution in [-0.2, 0) is 9.53 Å². The van der Waals surface area contributed by atoms with Gasteiger partial charge in [-0.2, -0.15) is 4.68 Å². The van der Waals surface area contributed by atoms with Gasteiger partial charge in [0, 0.05) is 5.70 Å². The number of anilines is 1. The molecule has 1 N–H and O–H groups in total. The molecule has 0 saturated heterocycles. The number of rotatable bonds is 6. The molecule has 0 saturated carbocycles. The second-order valence-corrected chi connectivity index (χ2v) is 5.69. The van der Waals surface area contributed by atoms with Crippen LogP contribution in [0.4, 0.5) is 5.95 Å². The van der Waals surface area contributed by atoms with Crippen molar-refractivity contribution in [2.24, 2.45) is 0 Å². The largest absolute Gasteiger partial charge is 0.493 e. The molecule has 1 aromatic carbocycles. The number of carbonyl (C=O) groups is 1. The van der Waals surface area contributed by atoms with E-state index in [4.69, 9.17) is 18.9 Å². The van der Waals surface area contributed by atoms with Crippen LogP contribution < -0.4 is 19.5 Å². The fraction of sp³-hybridized carbons (Fsp3) is 0.412. The number of hydrogen-bond donors (Lipinski definition) is 1. The van der Waals surface area contributed by atoms with Gasteiger partial charge in [-0.25, -0.2) is 4.79 Å². The number of methoxy groups -OCH3 is 3. The van der Waals surface area contributed by atoms with E-state index in [1.807, 2.05) is 0 Å². The predicted molar refractivity (Wildman–Crippen MR) is 95.0 cm³/mol. The first-order chi connectivity index (χ1) is 13.0. The summed E-state index contributed by atoms with van der Waals surface area (Å²) < 4.78 is 23.0. The summed E-state index contributed by atoms with van der Waals surface area (Å²) in [6, 6.07) is 2.90. The van der Waals surface area contributed by atoms with Gasteiger partial charge in [0.25, 0.3) is 0 Å². The number of ether oxygens (including phenoxy) is 4. The SMILES string of the molecule is CCOC(=O)C1=C(C)Nc2nnnn2[C@H]1c1cc(OC)c(OC)c(OC)c1. The molecule has 0 amide bonds. The molecule has 0 unspecified atom stereocenters. The lowest BCUT2D eigenvalue weighted by Gasteiger charge is -2.28. The van der Waals surface area contributed by atoms with Crippen molar-refractivity contribution in [3.63, 3.8) is 0 Å². The van der Waals surface area contributed by atoms with Crippen molar-refractivity contribution < 1.29 is 23.7 Å². The van der Waals surface area contributed by atoms with Crippen molar-refractivity contribution in [3.8, 4) is 17.2 Å². The third-order valence-electron chi connectivity index (χ3n) is 4.21. The highest BCUT2D eigenvalue weighted by molar-refractivity contribution is 5.92. The minimum Gasteiger partial charge on any atom is -0.493 e. The molecule has 2 aromatic rings. The summed E-state index contributed by atoms with van der Waals surface area (Å²) in [7, 11) is 4.58. The quantitative estimate of drug-likeness (QED) is 0.752. The number of hydrogen-bond acceptors (Lipinski definition) is 9. The van der Waals surface area contributed by atoms with E-state index >= 15 is 0 Å². The number of fused-ring (bicyclic) bond motifs is 1. The maximum absolute atomic E-state index is 12.7. The molecule has 0 fully saturated rings. The molecule has 0 radical (unpaired) electrons. The van der Waals surface area contributed by atoms with Crippen molar-refractivity contribution in [2.75, 3.05) is 33.3 Å². The monoisotopic (exact) mass is 375 g/mol. The van der Waals surface area contributed by atoms with Gasteiger partial charge in [0.1, 0.15) is 6.04 Å². The van der Waals surface area contributed by atoms with Crippen LogP contribution in [0.25, 0.3) is 0 Å². The Hall–Kier alpha value is -3.30. The summed E-state index contributed by atoms with van der Waals surface area (Å²) in [4.78, 5) is 12.7. The lowest BCUT2D eigenvalue weighted by atomic mass is 9.95. The fourth-order valence-corrected chi connectivity index (χ4v) is 3.05. The average Bonchev–Trinajstić information content (AvgIpc) is 3.13. The van der Waals surface area contributed by atoms with E-state index in [1.165, 1.54) is 26.0 Å². The highest BCUT2D eigenvalue weighted by Crippen LogP contribution is 2.43. The molecule has 1 aliphatic heterocycles. The molecule has 1 aliphatic rings. The van der Waals surface area contributed by atoms with Crippen molar-refractivity contribution in [1.29, 1.82) is 0 Å². The number of benzene rings is 1. The zero-order chi connectivity index (χ0) is 19.6. The van der Waals surface area contributed by atoms with Gasteiger partial charge < -0.3 is 24.3 Å². The number of nitrogens with zero attached hydrogens (tertiary/aromatic N) is 4. The molecule has 0 spiro atoms. The van der Waals surface area contributed by atoms with Crippen LogP contribution in [0.15, 0.2) is 23.4 Å². The van der Waals surface area contributed by atoms with E-state index in [9.17, 15) is 4.79 Å². The van der Waals surface area contributed by atoms with Gasteiger partial charge in [0.15, 0.2) is 11.5 Å². The maximum Gasteiger partial charge on any atom is 0.338 e. The number of allylic oxidation sites excluding steroid dienone is 1. The normalized spacial score (nSPS) is 15.7. The van der Waals surface area contributed by atoms with Crippen molar-refractivity contribution >= 4 is 11.9 Å². The van der Waals surface area contributed by atoms with Gasteiger partial charge >= 0.3 is 5.97 Å². The van der Waals surface area contributed by atoms with Gasteiger partial charge in [-0.3, -0.25) is 0 Å². The average molecular weight is 375 g/mol. The lowest BCUT2D eigenvalue weighted by Crippen LogP contribution is -2.29. The first kappa shape index (κ1) is 18.5. The first-order valence-corrected chi connectivity index (χ1v) is 8.28. The summed E-state index contributed by atoms with van der Waals surface area (Å²) >= 11 is 0. The van der Waals surface area contributed by atoms with Crippen molar-refractivity contribution in [3.05, 3.63) is 29.0 Å². The molecule has 1 atom stereocenters. The molecular weight excluding hydrogens is 354 g/mol. The Morgan fingerprint density at radius 2 is 1.85 bits per heavy atom. The Morgan fingerprint density at radius 3 is 2.41 bits per heavy atom. The van der Waals surface area contributed by atoms with Crippen LogP contribution in [0.2, 0.25) is 0 Å². The molecule has 0 aliphatic carbocycles. The fourth-order valence-electron chi connectivity index (χ4n) is 3.05. The molecule has 27 heavy (non-hydrogen) atoms. The second-order valence-electron chi connectivity index (χ2n) is 5.69. The topological polar surface area (TPSA) is 110 Å². The van der Waals surface area contributed by atoms with E-state index in [0.717, 1.165) is 0 Å². The Balaban J connectivity index is 2.22. The molecule has 0 bridgehead atoms. The number of nitrogens with one attached hydrogen (secondary N) is 1. The molecular formula is C17H21N5O5. The highest BCUT2D eigenvalue weighted by atomic mass is 16.5. The molecule has 3 rings (SSSR count). The van der Waals surface area contributed by atoms with Gasteiger partial charge in [-0.1, -0.05) is 5.10 Å². The third kappa shape index (κ3) is 3.14. The van der Waals surface area contributed by atoms with Crippen LogP contribution in [0.5, 0.6) is 17.2 Å². The van der Waals surface area contributed by atoms with E-state index < -0.39 is 12.0 Å². The summed E-state index contributed by atoms with van der Waals surface area (Å²) in [6.07, 6.45) is 0. The van der Waals surface area contributed by atoms with Crippen LogP contribution in [0.3, 0.4) is 0 Å². The number of tetrazole rings is 1. The minimum atomic E-state index is -0.621. The number of carbonyl (C=O) groups excluding carboxylic acids is 1. The number of esters is 1. The first-order valence-electron chi connectivity index (χ1n) is 8.28.